The third-order valence-electron chi connectivity index (χ3n) is 10.7. The lowest BCUT2D eigenvalue weighted by atomic mass is 9.80. The monoisotopic (exact) mass is 702 g/mol. The minimum Gasteiger partial charge on any atom is -0.504 e. The van der Waals surface area contributed by atoms with Gasteiger partial charge < -0.3 is 19.3 Å². The number of alkyl halides is 3. The number of ether oxygens (including phenoxy) is 3. The highest BCUT2D eigenvalue weighted by Gasteiger charge is 2.40. The number of hydrogen-bond acceptors (Lipinski definition) is 8. The number of halogens is 3. The van der Waals surface area contributed by atoms with E-state index in [1.165, 1.54) is 7.11 Å². The molecular weight excluding hydrogens is 649 g/mol. The fourth-order valence-corrected chi connectivity index (χ4v) is 8.20. The predicted molar refractivity (Wildman–Crippen MR) is 185 cm³/mol. The van der Waals surface area contributed by atoms with Gasteiger partial charge in [-0.25, -0.2) is 0 Å². The zero-order chi connectivity index (χ0) is 36.2. The Kier molecular flexibility index (Phi) is 12.4. The number of piperidine rings is 2. The number of phenolic OH excluding ortho intramolecular Hbond substituents is 1. The largest absolute Gasteiger partial charge is 0.504 e. The van der Waals surface area contributed by atoms with E-state index in [1.54, 1.807) is 13.2 Å². The maximum absolute atomic E-state index is 12.6. The van der Waals surface area contributed by atoms with Crippen LogP contribution in [-0.4, -0.2) is 79.7 Å². The van der Waals surface area contributed by atoms with Crippen LogP contribution < -0.4 is 14.2 Å². The average Bonchev–Trinajstić information content (AvgIpc) is 3.06. The van der Waals surface area contributed by atoms with E-state index in [4.69, 9.17) is 14.2 Å². The van der Waals surface area contributed by atoms with Crippen molar-refractivity contribution in [1.82, 2.24) is 9.80 Å². The summed E-state index contributed by atoms with van der Waals surface area (Å²) in [7, 11) is 3.08. The van der Waals surface area contributed by atoms with Crippen LogP contribution in [0.15, 0.2) is 24.3 Å². The standard InChI is InChI=1S/C21H28F3NO3.C18H25NO3/c1-3-5-15-13-25-8-6-14-10-20(28-9-4-7-21(22,23)24)19(27-2)11-16(14)17(25)12-18(15)26;1-11(2)6-13-10-19-5-4-12-7-17(21)18(22-3)8-14(12)15(19)9-16(13)20/h10-11,15,17H,3-9,12-13H2,1-2H3;7-8,11,13,15,21H,4-6,9-10H2,1-3H3. The van der Waals surface area contributed by atoms with Crippen molar-refractivity contribution in [2.45, 2.75) is 96.8 Å². The number of Topliss-reactive ketones (excluding diaryl/α,β-unsaturated/α-hetero) is 2. The molecule has 1 N–H and O–H groups in total. The number of benzene rings is 2. The van der Waals surface area contributed by atoms with Gasteiger partial charge in [0.05, 0.1) is 20.8 Å². The number of hydrogen-bond donors (Lipinski definition) is 1. The van der Waals surface area contributed by atoms with E-state index in [0.717, 1.165) is 80.5 Å². The Morgan fingerprint density at radius 1 is 0.840 bits per heavy atom. The van der Waals surface area contributed by atoms with Crippen LogP contribution in [0.1, 0.15) is 100 Å². The molecule has 0 amide bonds. The van der Waals surface area contributed by atoms with Crippen LogP contribution in [0.5, 0.6) is 23.0 Å². The summed E-state index contributed by atoms with van der Waals surface area (Å²) in [6, 6.07) is 7.69. The maximum atomic E-state index is 12.6. The van der Waals surface area contributed by atoms with E-state index in [1.807, 2.05) is 18.2 Å². The molecule has 11 heteroatoms. The number of fused-ring (bicyclic) bond motifs is 6. The summed E-state index contributed by atoms with van der Waals surface area (Å²) in [6.45, 7) is 9.96. The van der Waals surface area contributed by atoms with E-state index in [9.17, 15) is 27.9 Å². The van der Waals surface area contributed by atoms with Crippen LogP contribution in [0.4, 0.5) is 13.2 Å². The molecule has 8 nitrogen and oxygen atoms in total. The number of aromatic hydroxyl groups is 1. The molecule has 6 rings (SSSR count). The van der Waals surface area contributed by atoms with Gasteiger partial charge >= 0.3 is 6.18 Å². The second-order valence-corrected chi connectivity index (χ2v) is 14.7. The molecule has 2 aromatic carbocycles. The lowest BCUT2D eigenvalue weighted by Crippen LogP contribution is -2.46. The Morgan fingerprint density at radius 2 is 1.40 bits per heavy atom. The van der Waals surface area contributed by atoms with Crippen LogP contribution in [0.3, 0.4) is 0 Å². The molecule has 4 atom stereocenters. The summed E-state index contributed by atoms with van der Waals surface area (Å²) in [5, 5.41) is 9.95. The highest BCUT2D eigenvalue weighted by Crippen LogP contribution is 2.44. The van der Waals surface area contributed by atoms with Crippen molar-refractivity contribution in [3.8, 4) is 23.0 Å². The Balaban J connectivity index is 0.000000200. The van der Waals surface area contributed by atoms with Gasteiger partial charge in [0.15, 0.2) is 23.0 Å². The number of methoxy groups -OCH3 is 2. The predicted octanol–water partition coefficient (Wildman–Crippen LogP) is 7.64. The number of ketones is 2. The van der Waals surface area contributed by atoms with Gasteiger partial charge in [-0.2, -0.15) is 13.2 Å². The zero-order valence-corrected chi connectivity index (χ0v) is 30.1. The molecule has 0 saturated carbocycles. The molecule has 4 heterocycles. The SMILES string of the molecule is CCCC1CN2CCc3cc(OCCCC(F)(F)F)c(OC)cc3C2CC1=O.COc1cc2c(cc1O)CCN1CC(CC(C)C)C(=O)CC21. The second kappa shape index (κ2) is 16.4. The van der Waals surface area contributed by atoms with Gasteiger partial charge in [0.25, 0.3) is 0 Å². The molecule has 4 unspecified atom stereocenters. The van der Waals surface area contributed by atoms with Crippen molar-refractivity contribution in [2.24, 2.45) is 17.8 Å². The van der Waals surface area contributed by atoms with E-state index in [0.29, 0.717) is 47.6 Å². The number of carbonyl (C=O) groups is 2. The maximum Gasteiger partial charge on any atom is 0.389 e. The molecule has 276 valence electrons. The lowest BCUT2D eigenvalue weighted by Gasteiger charge is -2.43. The number of phenols is 1. The van der Waals surface area contributed by atoms with Gasteiger partial charge in [-0.15, -0.1) is 0 Å². The first-order chi connectivity index (χ1) is 23.8. The normalized spacial score (nSPS) is 23.6. The molecular formula is C39H53F3N2O6. The lowest BCUT2D eigenvalue weighted by molar-refractivity contribution is -0.136. The summed E-state index contributed by atoms with van der Waals surface area (Å²) in [5.74, 6) is 3.24. The topological polar surface area (TPSA) is 88.5 Å². The molecule has 0 aromatic heterocycles. The highest BCUT2D eigenvalue weighted by atomic mass is 19.4. The van der Waals surface area contributed by atoms with Crippen LogP contribution >= 0.6 is 0 Å². The Hall–Kier alpha value is -3.31. The van der Waals surface area contributed by atoms with Crippen molar-refractivity contribution in [1.29, 1.82) is 0 Å². The van der Waals surface area contributed by atoms with E-state index >= 15 is 0 Å². The van der Waals surface area contributed by atoms with Crippen LogP contribution in [0.2, 0.25) is 0 Å². The quantitative estimate of drug-likeness (QED) is 0.253. The molecule has 2 aromatic rings. The molecule has 0 spiro atoms. The van der Waals surface area contributed by atoms with Gasteiger partial charge in [-0.3, -0.25) is 19.4 Å². The summed E-state index contributed by atoms with van der Waals surface area (Å²) < 4.78 is 53.2. The molecule has 4 aliphatic rings. The third kappa shape index (κ3) is 8.94. The molecule has 2 fully saturated rings. The molecule has 50 heavy (non-hydrogen) atoms. The van der Waals surface area contributed by atoms with Gasteiger partial charge in [-0.1, -0.05) is 27.2 Å². The van der Waals surface area contributed by atoms with E-state index in [2.05, 4.69) is 30.6 Å². The highest BCUT2D eigenvalue weighted by molar-refractivity contribution is 5.83. The van der Waals surface area contributed by atoms with Crippen molar-refractivity contribution in [2.75, 3.05) is 47.0 Å². The number of rotatable bonds is 10. The van der Waals surface area contributed by atoms with Gasteiger partial charge in [0, 0.05) is 69.4 Å². The van der Waals surface area contributed by atoms with Crippen LogP contribution in [0.25, 0.3) is 0 Å². The molecule has 0 bridgehead atoms. The minimum atomic E-state index is -4.17. The van der Waals surface area contributed by atoms with Crippen LogP contribution in [0, 0.1) is 17.8 Å². The fraction of sp³-hybridized carbons (Fsp3) is 0.641. The summed E-state index contributed by atoms with van der Waals surface area (Å²) in [6.07, 6.45) is 0.644. The van der Waals surface area contributed by atoms with E-state index in [-0.39, 0.29) is 42.7 Å². The zero-order valence-electron chi connectivity index (χ0n) is 30.1. The van der Waals surface area contributed by atoms with Crippen LogP contribution in [-0.2, 0) is 22.4 Å². The fourth-order valence-electron chi connectivity index (χ4n) is 8.20. The van der Waals surface area contributed by atoms with Crippen molar-refractivity contribution >= 4 is 11.6 Å². The summed E-state index contributed by atoms with van der Waals surface area (Å²) in [4.78, 5) is 29.9. The van der Waals surface area contributed by atoms with Crippen molar-refractivity contribution in [3.63, 3.8) is 0 Å². The first-order valence-electron chi connectivity index (χ1n) is 18.1. The third-order valence-corrected chi connectivity index (χ3v) is 10.7. The van der Waals surface area contributed by atoms with Crippen molar-refractivity contribution < 1.29 is 42.1 Å². The molecule has 0 aliphatic carbocycles. The molecule has 2 saturated heterocycles. The molecule has 4 aliphatic heterocycles. The van der Waals surface area contributed by atoms with Crippen molar-refractivity contribution in [3.05, 3.63) is 46.5 Å². The average molecular weight is 703 g/mol. The van der Waals surface area contributed by atoms with Gasteiger partial charge in [0.1, 0.15) is 11.6 Å². The summed E-state index contributed by atoms with van der Waals surface area (Å²) >= 11 is 0. The van der Waals surface area contributed by atoms with Gasteiger partial charge in [0.2, 0.25) is 0 Å². The summed E-state index contributed by atoms with van der Waals surface area (Å²) in [5.41, 5.74) is 4.47. The number of carbonyl (C=O) groups excluding carboxylic acids is 2. The first-order valence-corrected chi connectivity index (χ1v) is 18.1. The Labute approximate surface area is 294 Å². The van der Waals surface area contributed by atoms with E-state index < -0.39 is 12.6 Å². The van der Waals surface area contributed by atoms with Gasteiger partial charge in [-0.05, 0) is 84.5 Å². The minimum absolute atomic E-state index is 0.0125. The first kappa shape index (κ1) is 37.9. The Morgan fingerprint density at radius 3 is 1.96 bits per heavy atom. The second-order valence-electron chi connectivity index (χ2n) is 14.7. The molecule has 0 radical (unpaired) electrons. The Bertz CT molecular complexity index is 1510. The smallest absolute Gasteiger partial charge is 0.389 e. The number of nitrogens with zero attached hydrogens (tertiary/aromatic N) is 2.